The van der Waals surface area contributed by atoms with Gasteiger partial charge in [-0.25, -0.2) is 13.1 Å². The summed E-state index contributed by atoms with van der Waals surface area (Å²) in [6.45, 7) is 2.21. The molecule has 1 aromatic heterocycles. The van der Waals surface area contributed by atoms with Gasteiger partial charge in [0.1, 0.15) is 4.90 Å². The lowest BCUT2D eigenvalue weighted by Crippen LogP contribution is -2.23. The van der Waals surface area contributed by atoms with E-state index in [0.29, 0.717) is 4.47 Å². The van der Waals surface area contributed by atoms with Gasteiger partial charge in [0.2, 0.25) is 10.0 Å². The summed E-state index contributed by atoms with van der Waals surface area (Å²) in [6.07, 6.45) is 2.87. The Kier molecular flexibility index (Phi) is 4.34. The highest BCUT2D eigenvalue weighted by molar-refractivity contribution is 9.10. The zero-order chi connectivity index (χ0) is 13.9. The minimum atomic E-state index is -3.54. The summed E-state index contributed by atoms with van der Waals surface area (Å²) < 4.78 is 27.4. The van der Waals surface area contributed by atoms with Crippen molar-refractivity contribution >= 4 is 26.0 Å². The highest BCUT2D eigenvalue weighted by atomic mass is 79.9. The first kappa shape index (κ1) is 14.2. The number of nitrogens with one attached hydrogen (secondary N) is 1. The fourth-order valence-corrected chi connectivity index (χ4v) is 3.11. The van der Waals surface area contributed by atoms with E-state index in [9.17, 15) is 8.42 Å². The Morgan fingerprint density at radius 3 is 2.68 bits per heavy atom. The van der Waals surface area contributed by atoms with E-state index >= 15 is 0 Å². The van der Waals surface area contributed by atoms with Crippen LogP contribution in [0.2, 0.25) is 0 Å². The van der Waals surface area contributed by atoms with Crippen LogP contribution in [0.1, 0.15) is 11.1 Å². The molecular formula is C13H13BrN2O2S. The molecule has 0 saturated carbocycles. The van der Waals surface area contributed by atoms with Crippen LogP contribution < -0.4 is 4.72 Å². The summed E-state index contributed by atoms with van der Waals surface area (Å²) in [7, 11) is -3.54. The number of halogens is 1. The summed E-state index contributed by atoms with van der Waals surface area (Å²) in [5, 5.41) is 0. The fourth-order valence-electron chi connectivity index (χ4n) is 1.60. The third-order valence-corrected chi connectivity index (χ3v) is 4.51. The quantitative estimate of drug-likeness (QED) is 0.930. The van der Waals surface area contributed by atoms with Crippen molar-refractivity contribution in [1.29, 1.82) is 0 Å². The summed E-state index contributed by atoms with van der Waals surface area (Å²) in [4.78, 5) is 4.01. The van der Waals surface area contributed by atoms with Crippen molar-refractivity contribution in [3.63, 3.8) is 0 Å². The van der Waals surface area contributed by atoms with Crippen LogP contribution in [-0.4, -0.2) is 13.4 Å². The van der Waals surface area contributed by atoms with E-state index in [1.807, 2.05) is 31.2 Å². The molecule has 0 radical (unpaired) electrons. The Bertz CT molecular complexity index is 687. The van der Waals surface area contributed by atoms with Gasteiger partial charge in [0.05, 0.1) is 0 Å². The number of nitrogens with zero attached hydrogens (tertiary/aromatic N) is 1. The second-order valence-electron chi connectivity index (χ2n) is 4.09. The van der Waals surface area contributed by atoms with E-state index in [1.54, 1.807) is 6.20 Å². The van der Waals surface area contributed by atoms with Gasteiger partial charge in [0.15, 0.2) is 0 Å². The standard InChI is InChI=1S/C13H13BrN2O2S/c1-10-4-2-3-5-11(10)7-16-19(17,18)13-6-12(14)8-15-9-13/h2-6,8-9,16H,7H2,1H3. The molecule has 0 unspecified atom stereocenters. The smallest absolute Gasteiger partial charge is 0.242 e. The Hall–Kier alpha value is -1.24. The SMILES string of the molecule is Cc1ccccc1CNS(=O)(=O)c1cncc(Br)c1. The van der Waals surface area contributed by atoms with Crippen LogP contribution in [0.3, 0.4) is 0 Å². The maximum Gasteiger partial charge on any atom is 0.242 e. The normalized spacial score (nSPS) is 11.5. The van der Waals surface area contributed by atoms with Gasteiger partial charge in [-0.2, -0.15) is 0 Å². The van der Waals surface area contributed by atoms with Gasteiger partial charge in [0, 0.05) is 23.4 Å². The van der Waals surface area contributed by atoms with Crippen LogP contribution in [-0.2, 0) is 16.6 Å². The molecule has 19 heavy (non-hydrogen) atoms. The molecule has 4 nitrogen and oxygen atoms in total. The van der Waals surface area contributed by atoms with Gasteiger partial charge in [0.25, 0.3) is 0 Å². The van der Waals surface area contributed by atoms with Crippen LogP contribution in [0.5, 0.6) is 0 Å². The highest BCUT2D eigenvalue weighted by Crippen LogP contribution is 2.15. The Balaban J connectivity index is 2.17. The number of hydrogen-bond donors (Lipinski definition) is 1. The average Bonchev–Trinajstić information content (AvgIpc) is 2.38. The molecule has 2 rings (SSSR count). The lowest BCUT2D eigenvalue weighted by molar-refractivity contribution is 0.580. The van der Waals surface area contributed by atoms with Crippen LogP contribution in [0, 0.1) is 6.92 Å². The molecule has 6 heteroatoms. The van der Waals surface area contributed by atoms with Crippen LogP contribution in [0.4, 0.5) is 0 Å². The van der Waals surface area contributed by atoms with Crippen molar-refractivity contribution in [2.45, 2.75) is 18.4 Å². The lowest BCUT2D eigenvalue weighted by atomic mass is 10.1. The van der Waals surface area contributed by atoms with Crippen molar-refractivity contribution in [2.75, 3.05) is 0 Å². The number of rotatable bonds is 4. The summed E-state index contributed by atoms with van der Waals surface area (Å²) in [5.41, 5.74) is 2.01. The van der Waals surface area contributed by atoms with Crippen molar-refractivity contribution in [1.82, 2.24) is 9.71 Å². The third kappa shape index (κ3) is 3.62. The van der Waals surface area contributed by atoms with Crippen molar-refractivity contribution < 1.29 is 8.42 Å². The Morgan fingerprint density at radius 1 is 1.26 bits per heavy atom. The van der Waals surface area contributed by atoms with Crippen LogP contribution in [0.25, 0.3) is 0 Å². The molecule has 0 aliphatic heterocycles. The lowest BCUT2D eigenvalue weighted by Gasteiger charge is -2.08. The summed E-state index contributed by atoms with van der Waals surface area (Å²) >= 11 is 3.21. The predicted octanol–water partition coefficient (Wildman–Crippen LogP) is 2.63. The predicted molar refractivity (Wildman–Crippen MR) is 77.1 cm³/mol. The van der Waals surface area contributed by atoms with Crippen LogP contribution in [0.15, 0.2) is 52.1 Å². The average molecular weight is 341 g/mol. The second-order valence-corrected chi connectivity index (χ2v) is 6.77. The fraction of sp³-hybridized carbons (Fsp3) is 0.154. The zero-order valence-corrected chi connectivity index (χ0v) is 12.7. The largest absolute Gasteiger partial charge is 0.262 e. The molecular weight excluding hydrogens is 328 g/mol. The molecule has 1 N–H and O–H groups in total. The van der Waals surface area contributed by atoms with E-state index in [-0.39, 0.29) is 11.4 Å². The molecule has 1 heterocycles. The minimum Gasteiger partial charge on any atom is -0.262 e. The molecule has 0 bridgehead atoms. The first-order valence-electron chi connectivity index (χ1n) is 5.64. The van der Waals surface area contributed by atoms with Gasteiger partial charge in [-0.1, -0.05) is 24.3 Å². The summed E-state index contributed by atoms with van der Waals surface area (Å²) in [5.74, 6) is 0. The number of sulfonamides is 1. The molecule has 100 valence electrons. The first-order chi connectivity index (χ1) is 8.99. The summed E-state index contributed by atoms with van der Waals surface area (Å²) in [6, 6.07) is 9.18. The van der Waals surface area contributed by atoms with Crippen molar-refractivity contribution in [3.8, 4) is 0 Å². The molecule has 2 aromatic rings. The molecule has 0 fully saturated rings. The van der Waals surface area contributed by atoms with Gasteiger partial charge < -0.3 is 0 Å². The molecule has 0 aliphatic carbocycles. The first-order valence-corrected chi connectivity index (χ1v) is 7.91. The number of pyridine rings is 1. The van der Waals surface area contributed by atoms with E-state index in [1.165, 1.54) is 12.3 Å². The van der Waals surface area contributed by atoms with Gasteiger partial charge in [-0.05, 0) is 40.0 Å². The Morgan fingerprint density at radius 2 is 2.00 bits per heavy atom. The molecule has 0 atom stereocenters. The number of hydrogen-bond acceptors (Lipinski definition) is 3. The number of benzene rings is 1. The second kappa shape index (κ2) is 5.81. The van der Waals surface area contributed by atoms with Gasteiger partial charge in [-0.3, -0.25) is 4.98 Å². The molecule has 0 aliphatic rings. The molecule has 0 saturated heterocycles. The molecule has 0 spiro atoms. The monoisotopic (exact) mass is 340 g/mol. The van der Waals surface area contributed by atoms with E-state index in [2.05, 4.69) is 25.6 Å². The zero-order valence-electron chi connectivity index (χ0n) is 10.3. The third-order valence-electron chi connectivity index (χ3n) is 2.70. The van der Waals surface area contributed by atoms with E-state index in [4.69, 9.17) is 0 Å². The molecule has 0 amide bonds. The van der Waals surface area contributed by atoms with Crippen molar-refractivity contribution in [3.05, 3.63) is 58.3 Å². The van der Waals surface area contributed by atoms with Gasteiger partial charge >= 0.3 is 0 Å². The van der Waals surface area contributed by atoms with Crippen molar-refractivity contribution in [2.24, 2.45) is 0 Å². The topological polar surface area (TPSA) is 59.1 Å². The molecule has 1 aromatic carbocycles. The number of aromatic nitrogens is 1. The van der Waals surface area contributed by atoms with Crippen LogP contribution >= 0.6 is 15.9 Å². The minimum absolute atomic E-state index is 0.149. The van der Waals surface area contributed by atoms with E-state index < -0.39 is 10.0 Å². The maximum absolute atomic E-state index is 12.1. The Labute approximate surface area is 121 Å². The van der Waals surface area contributed by atoms with Gasteiger partial charge in [-0.15, -0.1) is 0 Å². The highest BCUT2D eigenvalue weighted by Gasteiger charge is 2.14. The maximum atomic E-state index is 12.1. The van der Waals surface area contributed by atoms with E-state index in [0.717, 1.165) is 11.1 Å². The number of aryl methyl sites for hydroxylation is 1.